The first kappa shape index (κ1) is 12.4. The summed E-state index contributed by atoms with van der Waals surface area (Å²) in [6.45, 7) is 4.13. The van der Waals surface area contributed by atoms with Crippen molar-refractivity contribution >= 4 is 11.9 Å². The van der Waals surface area contributed by atoms with E-state index in [1.54, 1.807) is 0 Å². The van der Waals surface area contributed by atoms with Crippen LogP contribution in [0.4, 0.5) is 0 Å². The quantitative estimate of drug-likeness (QED) is 0.728. The summed E-state index contributed by atoms with van der Waals surface area (Å²) < 4.78 is 0. The molecule has 2 N–H and O–H groups in total. The number of carbonyl (C=O) groups is 2. The molecule has 0 spiro atoms. The Labute approximate surface area is 101 Å². The smallest absolute Gasteiger partial charge is 0.308 e. The number of carbonyl (C=O) groups excluding carboxylic acids is 1. The van der Waals surface area contributed by atoms with Gasteiger partial charge in [-0.05, 0) is 18.8 Å². The average molecular weight is 240 g/mol. The number of rotatable bonds is 2. The van der Waals surface area contributed by atoms with Crippen LogP contribution in [0.1, 0.15) is 26.2 Å². The SMILES string of the molecule is CC1CN(C2CCCNC(=O)C2)CC1C(=O)O. The van der Waals surface area contributed by atoms with E-state index in [2.05, 4.69) is 10.2 Å². The summed E-state index contributed by atoms with van der Waals surface area (Å²) in [4.78, 5) is 24.7. The number of nitrogens with zero attached hydrogens (tertiary/aromatic N) is 1. The van der Waals surface area contributed by atoms with E-state index in [0.717, 1.165) is 25.9 Å². The third-order valence-electron chi connectivity index (χ3n) is 3.93. The first-order chi connectivity index (χ1) is 8.08. The van der Waals surface area contributed by atoms with E-state index >= 15 is 0 Å². The van der Waals surface area contributed by atoms with Gasteiger partial charge in [0.05, 0.1) is 5.92 Å². The van der Waals surface area contributed by atoms with Gasteiger partial charge in [0.15, 0.2) is 0 Å². The molecule has 2 aliphatic heterocycles. The van der Waals surface area contributed by atoms with Gasteiger partial charge in [0.1, 0.15) is 0 Å². The molecule has 2 rings (SSSR count). The maximum atomic E-state index is 11.5. The number of carboxylic acid groups (broad SMARTS) is 1. The molecule has 0 radical (unpaired) electrons. The summed E-state index contributed by atoms with van der Waals surface area (Å²) in [6.07, 6.45) is 2.48. The van der Waals surface area contributed by atoms with Crippen LogP contribution in [0.2, 0.25) is 0 Å². The minimum Gasteiger partial charge on any atom is -0.481 e. The van der Waals surface area contributed by atoms with E-state index in [4.69, 9.17) is 5.11 Å². The van der Waals surface area contributed by atoms with Gasteiger partial charge in [-0.25, -0.2) is 0 Å². The Morgan fingerprint density at radius 1 is 1.47 bits per heavy atom. The molecule has 0 aromatic carbocycles. The summed E-state index contributed by atoms with van der Waals surface area (Å²) in [5.41, 5.74) is 0. The van der Waals surface area contributed by atoms with Gasteiger partial charge in [-0.15, -0.1) is 0 Å². The van der Waals surface area contributed by atoms with Crippen molar-refractivity contribution in [3.63, 3.8) is 0 Å². The molecule has 0 saturated carbocycles. The largest absolute Gasteiger partial charge is 0.481 e. The number of hydrogen-bond acceptors (Lipinski definition) is 3. The molecule has 2 heterocycles. The molecule has 1 amide bonds. The molecule has 0 aliphatic carbocycles. The fourth-order valence-corrected chi connectivity index (χ4v) is 2.89. The van der Waals surface area contributed by atoms with E-state index in [0.29, 0.717) is 13.0 Å². The molecule has 2 saturated heterocycles. The molecular weight excluding hydrogens is 220 g/mol. The third kappa shape index (κ3) is 2.77. The molecule has 0 aromatic heterocycles. The lowest BCUT2D eigenvalue weighted by atomic mass is 9.99. The van der Waals surface area contributed by atoms with Gasteiger partial charge in [0.2, 0.25) is 5.91 Å². The van der Waals surface area contributed by atoms with Crippen molar-refractivity contribution < 1.29 is 14.7 Å². The Morgan fingerprint density at radius 2 is 2.24 bits per heavy atom. The van der Waals surface area contributed by atoms with Crippen LogP contribution in [0.25, 0.3) is 0 Å². The van der Waals surface area contributed by atoms with Gasteiger partial charge < -0.3 is 10.4 Å². The fraction of sp³-hybridized carbons (Fsp3) is 0.833. The molecule has 5 heteroatoms. The number of likely N-dealkylation sites (tertiary alicyclic amines) is 1. The molecule has 0 aromatic rings. The van der Waals surface area contributed by atoms with Crippen LogP contribution in [0.3, 0.4) is 0 Å². The van der Waals surface area contributed by atoms with Crippen molar-refractivity contribution in [2.24, 2.45) is 11.8 Å². The van der Waals surface area contributed by atoms with Gasteiger partial charge >= 0.3 is 5.97 Å². The van der Waals surface area contributed by atoms with Crippen LogP contribution in [0.5, 0.6) is 0 Å². The van der Waals surface area contributed by atoms with E-state index in [9.17, 15) is 9.59 Å². The van der Waals surface area contributed by atoms with Gasteiger partial charge in [-0.3, -0.25) is 14.5 Å². The molecule has 3 atom stereocenters. The Bertz CT molecular complexity index is 319. The summed E-state index contributed by atoms with van der Waals surface area (Å²) in [5, 5.41) is 12.0. The highest BCUT2D eigenvalue weighted by Gasteiger charge is 2.38. The van der Waals surface area contributed by atoms with Crippen LogP contribution >= 0.6 is 0 Å². The van der Waals surface area contributed by atoms with E-state index < -0.39 is 5.97 Å². The molecular formula is C12H20N2O3. The Kier molecular flexibility index (Phi) is 3.66. The first-order valence-electron chi connectivity index (χ1n) is 6.31. The Balaban J connectivity index is 1.98. The highest BCUT2D eigenvalue weighted by atomic mass is 16.4. The summed E-state index contributed by atoms with van der Waals surface area (Å²) >= 11 is 0. The van der Waals surface area contributed by atoms with Crippen molar-refractivity contribution in [1.82, 2.24) is 10.2 Å². The van der Waals surface area contributed by atoms with Crippen molar-refractivity contribution in [2.45, 2.75) is 32.2 Å². The van der Waals surface area contributed by atoms with Crippen LogP contribution in [0.15, 0.2) is 0 Å². The van der Waals surface area contributed by atoms with E-state index in [1.165, 1.54) is 0 Å². The number of nitrogens with one attached hydrogen (secondary N) is 1. The lowest BCUT2D eigenvalue weighted by Gasteiger charge is -2.25. The lowest BCUT2D eigenvalue weighted by Crippen LogP contribution is -2.36. The van der Waals surface area contributed by atoms with Crippen molar-refractivity contribution in [1.29, 1.82) is 0 Å². The summed E-state index contributed by atoms with van der Waals surface area (Å²) in [6, 6.07) is 0.226. The van der Waals surface area contributed by atoms with Crippen molar-refractivity contribution in [3.05, 3.63) is 0 Å². The standard InChI is InChI=1S/C12H20N2O3/c1-8-6-14(7-10(8)12(16)17)9-3-2-4-13-11(15)5-9/h8-10H,2-7H2,1H3,(H,13,15)(H,16,17). The highest BCUT2D eigenvalue weighted by molar-refractivity contribution is 5.76. The van der Waals surface area contributed by atoms with E-state index in [1.807, 2.05) is 6.92 Å². The zero-order chi connectivity index (χ0) is 12.4. The first-order valence-corrected chi connectivity index (χ1v) is 6.31. The maximum Gasteiger partial charge on any atom is 0.308 e. The number of aliphatic carboxylic acids is 1. The maximum absolute atomic E-state index is 11.5. The predicted octanol–water partition coefficient (Wildman–Crippen LogP) is 0.308. The van der Waals surface area contributed by atoms with Crippen LogP contribution in [0, 0.1) is 11.8 Å². The van der Waals surface area contributed by atoms with Crippen molar-refractivity contribution in [2.75, 3.05) is 19.6 Å². The monoisotopic (exact) mass is 240 g/mol. The normalized spacial score (nSPS) is 35.4. The number of amides is 1. The third-order valence-corrected chi connectivity index (χ3v) is 3.93. The predicted molar refractivity (Wildman–Crippen MR) is 62.5 cm³/mol. The van der Waals surface area contributed by atoms with Crippen LogP contribution < -0.4 is 5.32 Å². The number of hydrogen-bond donors (Lipinski definition) is 2. The van der Waals surface area contributed by atoms with Gasteiger partial charge in [-0.1, -0.05) is 6.92 Å². The topological polar surface area (TPSA) is 69.6 Å². The van der Waals surface area contributed by atoms with Gasteiger partial charge in [-0.2, -0.15) is 0 Å². The second kappa shape index (κ2) is 5.04. The zero-order valence-corrected chi connectivity index (χ0v) is 10.2. The lowest BCUT2D eigenvalue weighted by molar-refractivity contribution is -0.142. The second-order valence-corrected chi connectivity index (χ2v) is 5.23. The van der Waals surface area contributed by atoms with Gasteiger partial charge in [0.25, 0.3) is 0 Å². The summed E-state index contributed by atoms with van der Waals surface area (Å²) in [7, 11) is 0. The highest BCUT2D eigenvalue weighted by Crippen LogP contribution is 2.27. The average Bonchev–Trinajstić information content (AvgIpc) is 2.51. The fourth-order valence-electron chi connectivity index (χ4n) is 2.89. The van der Waals surface area contributed by atoms with Gasteiger partial charge in [0, 0.05) is 32.1 Å². The Morgan fingerprint density at radius 3 is 2.88 bits per heavy atom. The zero-order valence-electron chi connectivity index (χ0n) is 10.2. The van der Waals surface area contributed by atoms with Crippen LogP contribution in [-0.2, 0) is 9.59 Å². The molecule has 3 unspecified atom stereocenters. The molecule has 2 aliphatic rings. The number of carboxylic acids is 1. The van der Waals surface area contributed by atoms with Crippen LogP contribution in [-0.4, -0.2) is 47.6 Å². The Hall–Kier alpha value is -1.10. The minimum absolute atomic E-state index is 0.0962. The molecule has 2 fully saturated rings. The molecule has 0 bridgehead atoms. The molecule has 17 heavy (non-hydrogen) atoms. The van der Waals surface area contributed by atoms with Crippen molar-refractivity contribution in [3.8, 4) is 0 Å². The summed E-state index contributed by atoms with van der Waals surface area (Å²) in [5.74, 6) is -0.711. The second-order valence-electron chi connectivity index (χ2n) is 5.23. The molecule has 96 valence electrons. The minimum atomic E-state index is -0.710. The van der Waals surface area contributed by atoms with E-state index in [-0.39, 0.29) is 23.8 Å². The molecule has 5 nitrogen and oxygen atoms in total.